The molecule has 3 aromatic carbocycles. The van der Waals surface area contributed by atoms with Crippen molar-refractivity contribution >= 4 is 0 Å². The van der Waals surface area contributed by atoms with Gasteiger partial charge in [-0.2, -0.15) is 4.39 Å². The van der Waals surface area contributed by atoms with Gasteiger partial charge in [-0.1, -0.05) is 24.3 Å². The minimum atomic E-state index is -1.06. The third-order valence-corrected chi connectivity index (χ3v) is 6.47. The second kappa shape index (κ2) is 10.5. The standard InChI is InChI=1S/C27H26F4O3/c1-32-19-8-3-16(4-9-19)21-12-7-18(24(28)25(21)29)15-34-20-10-5-17(6-11-20)22-13-14-23(33-2)27(31)26(22)30/h5-7,10-14,16,19H,3-4,8-9,15H2,1-2H3. The fourth-order valence-corrected chi connectivity index (χ4v) is 4.44. The van der Waals surface area contributed by atoms with Crippen molar-refractivity contribution in [3.63, 3.8) is 0 Å². The zero-order valence-corrected chi connectivity index (χ0v) is 19.0. The van der Waals surface area contributed by atoms with Crippen molar-refractivity contribution in [3.8, 4) is 22.6 Å². The highest BCUT2D eigenvalue weighted by molar-refractivity contribution is 5.66. The number of ether oxygens (including phenoxy) is 3. The normalized spacial score (nSPS) is 18.1. The lowest BCUT2D eigenvalue weighted by atomic mass is 9.82. The number of hydrogen-bond acceptors (Lipinski definition) is 3. The van der Waals surface area contributed by atoms with Crippen molar-refractivity contribution in [3.05, 3.63) is 82.9 Å². The Bertz CT molecular complexity index is 1140. The van der Waals surface area contributed by atoms with Gasteiger partial charge < -0.3 is 14.2 Å². The van der Waals surface area contributed by atoms with Crippen molar-refractivity contribution in [1.82, 2.24) is 0 Å². The molecule has 0 atom stereocenters. The first-order valence-electron chi connectivity index (χ1n) is 11.2. The smallest absolute Gasteiger partial charge is 0.201 e. The maximum Gasteiger partial charge on any atom is 0.201 e. The lowest BCUT2D eigenvalue weighted by Gasteiger charge is -2.28. The Kier molecular flexibility index (Phi) is 7.41. The molecule has 1 aliphatic rings. The van der Waals surface area contributed by atoms with Gasteiger partial charge in [-0.15, -0.1) is 0 Å². The first-order chi connectivity index (χ1) is 16.4. The van der Waals surface area contributed by atoms with Gasteiger partial charge in [-0.25, -0.2) is 13.2 Å². The van der Waals surface area contributed by atoms with E-state index >= 15 is 0 Å². The summed E-state index contributed by atoms with van der Waals surface area (Å²) < 4.78 is 73.6. The molecule has 1 saturated carbocycles. The molecule has 3 aromatic rings. The van der Waals surface area contributed by atoms with Gasteiger partial charge in [-0.3, -0.25) is 0 Å². The number of halogens is 4. The van der Waals surface area contributed by atoms with Crippen LogP contribution >= 0.6 is 0 Å². The predicted molar refractivity (Wildman–Crippen MR) is 121 cm³/mol. The third-order valence-electron chi connectivity index (χ3n) is 6.47. The summed E-state index contributed by atoms with van der Waals surface area (Å²) in [6.45, 7) is -0.162. The summed E-state index contributed by atoms with van der Waals surface area (Å²) in [5.41, 5.74) is 1.03. The Morgan fingerprint density at radius 3 is 2.09 bits per heavy atom. The molecule has 0 aliphatic heterocycles. The second-order valence-electron chi connectivity index (χ2n) is 8.41. The van der Waals surface area contributed by atoms with Crippen molar-refractivity contribution in [1.29, 1.82) is 0 Å². The zero-order chi connectivity index (χ0) is 24.2. The molecule has 0 amide bonds. The Balaban J connectivity index is 1.43. The highest BCUT2D eigenvalue weighted by Crippen LogP contribution is 2.36. The topological polar surface area (TPSA) is 27.7 Å². The van der Waals surface area contributed by atoms with Gasteiger partial charge in [0.1, 0.15) is 12.4 Å². The minimum absolute atomic E-state index is 0.0217. The van der Waals surface area contributed by atoms with E-state index < -0.39 is 23.3 Å². The molecule has 0 aromatic heterocycles. The van der Waals surface area contributed by atoms with E-state index in [0.29, 0.717) is 16.9 Å². The second-order valence-corrected chi connectivity index (χ2v) is 8.41. The van der Waals surface area contributed by atoms with E-state index in [0.717, 1.165) is 25.7 Å². The van der Waals surface area contributed by atoms with Crippen LogP contribution in [-0.4, -0.2) is 20.3 Å². The summed E-state index contributed by atoms with van der Waals surface area (Å²) in [6, 6.07) is 12.2. The summed E-state index contributed by atoms with van der Waals surface area (Å²) in [7, 11) is 2.93. The zero-order valence-electron chi connectivity index (χ0n) is 19.0. The van der Waals surface area contributed by atoms with E-state index in [2.05, 4.69) is 0 Å². The minimum Gasteiger partial charge on any atom is -0.494 e. The van der Waals surface area contributed by atoms with E-state index in [-0.39, 0.29) is 35.5 Å². The molecule has 4 rings (SSSR count). The number of methoxy groups -OCH3 is 2. The van der Waals surface area contributed by atoms with Crippen LogP contribution in [0, 0.1) is 23.3 Å². The van der Waals surface area contributed by atoms with Gasteiger partial charge in [0, 0.05) is 18.2 Å². The maximum absolute atomic E-state index is 14.8. The number of rotatable bonds is 7. The molecule has 7 heteroatoms. The molecule has 0 N–H and O–H groups in total. The molecule has 180 valence electrons. The monoisotopic (exact) mass is 474 g/mol. The SMILES string of the molecule is COc1ccc(-c2ccc(OCc3ccc(C4CCC(OC)CC4)c(F)c3F)cc2)c(F)c1F. The van der Waals surface area contributed by atoms with Crippen LogP contribution in [0.1, 0.15) is 42.7 Å². The van der Waals surface area contributed by atoms with Crippen molar-refractivity contribution in [2.45, 2.75) is 44.3 Å². The Hall–Kier alpha value is -3.06. The van der Waals surface area contributed by atoms with Gasteiger partial charge in [-0.05, 0) is 67.0 Å². The van der Waals surface area contributed by atoms with E-state index in [4.69, 9.17) is 14.2 Å². The summed E-state index contributed by atoms with van der Waals surface area (Å²) >= 11 is 0. The summed E-state index contributed by atoms with van der Waals surface area (Å²) in [5.74, 6) is -3.61. The Morgan fingerprint density at radius 2 is 1.44 bits per heavy atom. The summed E-state index contributed by atoms with van der Waals surface area (Å²) in [6.07, 6.45) is 3.36. The first kappa shape index (κ1) is 24.1. The first-order valence-corrected chi connectivity index (χ1v) is 11.2. The van der Waals surface area contributed by atoms with E-state index in [9.17, 15) is 17.6 Å². The van der Waals surface area contributed by atoms with Crippen LogP contribution in [0.15, 0.2) is 48.5 Å². The molecule has 0 spiro atoms. The number of hydrogen-bond donors (Lipinski definition) is 0. The van der Waals surface area contributed by atoms with Crippen molar-refractivity contribution in [2.24, 2.45) is 0 Å². The molecule has 0 saturated heterocycles. The van der Waals surface area contributed by atoms with Gasteiger partial charge in [0.25, 0.3) is 0 Å². The molecule has 0 heterocycles. The molecule has 34 heavy (non-hydrogen) atoms. The highest BCUT2D eigenvalue weighted by atomic mass is 19.2. The van der Waals surface area contributed by atoms with Crippen LogP contribution in [0.3, 0.4) is 0 Å². The average Bonchev–Trinajstić information content (AvgIpc) is 2.87. The molecular formula is C27H26F4O3. The van der Waals surface area contributed by atoms with Crippen LogP contribution in [0.4, 0.5) is 17.6 Å². The lowest BCUT2D eigenvalue weighted by molar-refractivity contribution is 0.0655. The molecule has 1 aliphatic carbocycles. The quantitative estimate of drug-likeness (QED) is 0.340. The molecule has 3 nitrogen and oxygen atoms in total. The molecule has 0 bridgehead atoms. The van der Waals surface area contributed by atoms with E-state index in [1.165, 1.54) is 19.2 Å². The molecule has 1 fully saturated rings. The molecule has 0 radical (unpaired) electrons. The van der Waals surface area contributed by atoms with Gasteiger partial charge in [0.15, 0.2) is 23.2 Å². The third kappa shape index (κ3) is 4.89. The predicted octanol–water partition coefficient (Wildman–Crippen LogP) is 7.17. The largest absolute Gasteiger partial charge is 0.494 e. The van der Waals surface area contributed by atoms with Crippen LogP contribution in [0.25, 0.3) is 11.1 Å². The summed E-state index contributed by atoms with van der Waals surface area (Å²) in [5, 5.41) is 0. The van der Waals surface area contributed by atoms with E-state index in [1.54, 1.807) is 43.5 Å². The van der Waals surface area contributed by atoms with Crippen molar-refractivity contribution in [2.75, 3.05) is 14.2 Å². The van der Waals surface area contributed by atoms with Crippen molar-refractivity contribution < 1.29 is 31.8 Å². The van der Waals surface area contributed by atoms with Crippen LogP contribution in [-0.2, 0) is 11.3 Å². The average molecular weight is 474 g/mol. The fourth-order valence-electron chi connectivity index (χ4n) is 4.44. The van der Waals surface area contributed by atoms with Gasteiger partial charge >= 0.3 is 0 Å². The Labute approximate surface area is 196 Å². The number of benzene rings is 3. The summed E-state index contributed by atoms with van der Waals surface area (Å²) in [4.78, 5) is 0. The van der Waals surface area contributed by atoms with Crippen LogP contribution < -0.4 is 9.47 Å². The van der Waals surface area contributed by atoms with Crippen LogP contribution in [0.2, 0.25) is 0 Å². The molecular weight excluding hydrogens is 448 g/mol. The van der Waals surface area contributed by atoms with E-state index in [1.807, 2.05) is 0 Å². The Morgan fingerprint density at radius 1 is 0.735 bits per heavy atom. The molecule has 0 unspecified atom stereocenters. The highest BCUT2D eigenvalue weighted by Gasteiger charge is 2.26. The van der Waals surface area contributed by atoms with Gasteiger partial charge in [0.2, 0.25) is 5.82 Å². The fraction of sp³-hybridized carbons (Fsp3) is 0.333. The van der Waals surface area contributed by atoms with Gasteiger partial charge in [0.05, 0.1) is 13.2 Å². The lowest BCUT2D eigenvalue weighted by Crippen LogP contribution is -2.20. The maximum atomic E-state index is 14.8. The van der Waals surface area contributed by atoms with Crippen LogP contribution in [0.5, 0.6) is 11.5 Å².